The summed E-state index contributed by atoms with van der Waals surface area (Å²) in [5, 5.41) is 3.42. The van der Waals surface area contributed by atoms with Crippen molar-refractivity contribution in [1.82, 2.24) is 15.8 Å². The Hall–Kier alpha value is -2.65. The van der Waals surface area contributed by atoms with E-state index >= 15 is 0 Å². The zero-order chi connectivity index (χ0) is 17.6. The summed E-state index contributed by atoms with van der Waals surface area (Å²) in [5.74, 6) is -0.525. The summed E-state index contributed by atoms with van der Waals surface area (Å²) in [6.07, 6.45) is 0. The standard InChI is InChI=1S/C16H13FN4O2S2/c17-10-5-7-11(8-6-10)18-15(24)21-20-14(22)9-25-16-19-12-3-1-2-4-13(12)23-16/h1-8H,9H2,(H,20,22)(H2,18,21,24). The summed E-state index contributed by atoms with van der Waals surface area (Å²) in [5.41, 5.74) is 7.06. The molecular formula is C16H13FN4O2S2. The van der Waals surface area contributed by atoms with E-state index < -0.39 is 0 Å². The van der Waals surface area contributed by atoms with Crippen LogP contribution in [-0.2, 0) is 4.79 Å². The second-order valence-corrected chi connectivity index (χ2v) is 6.21. The number of thiocarbonyl (C=S) groups is 1. The van der Waals surface area contributed by atoms with Gasteiger partial charge in [0.05, 0.1) is 5.75 Å². The normalized spacial score (nSPS) is 10.4. The van der Waals surface area contributed by atoms with Gasteiger partial charge in [0, 0.05) is 5.69 Å². The van der Waals surface area contributed by atoms with Gasteiger partial charge in [-0.1, -0.05) is 23.9 Å². The number of para-hydroxylation sites is 2. The average Bonchev–Trinajstić information content (AvgIpc) is 3.03. The van der Waals surface area contributed by atoms with Gasteiger partial charge in [0.15, 0.2) is 10.7 Å². The van der Waals surface area contributed by atoms with Crippen LogP contribution in [0.4, 0.5) is 10.1 Å². The van der Waals surface area contributed by atoms with E-state index in [1.165, 1.54) is 36.0 Å². The molecule has 2 aromatic carbocycles. The monoisotopic (exact) mass is 376 g/mol. The van der Waals surface area contributed by atoms with Crippen molar-refractivity contribution in [1.29, 1.82) is 0 Å². The number of amides is 1. The number of halogens is 1. The van der Waals surface area contributed by atoms with Crippen molar-refractivity contribution < 1.29 is 13.6 Å². The Balaban J connectivity index is 1.43. The molecule has 25 heavy (non-hydrogen) atoms. The minimum Gasteiger partial charge on any atom is -0.431 e. The quantitative estimate of drug-likeness (QED) is 0.367. The van der Waals surface area contributed by atoms with Crippen LogP contribution < -0.4 is 16.2 Å². The number of carbonyl (C=O) groups excluding carboxylic acids is 1. The van der Waals surface area contributed by atoms with Gasteiger partial charge in [0.2, 0.25) is 5.91 Å². The molecule has 0 aliphatic heterocycles. The maximum Gasteiger partial charge on any atom is 0.257 e. The van der Waals surface area contributed by atoms with Gasteiger partial charge in [0.1, 0.15) is 11.3 Å². The molecule has 0 aliphatic rings. The lowest BCUT2D eigenvalue weighted by Gasteiger charge is -2.11. The topological polar surface area (TPSA) is 79.2 Å². The summed E-state index contributed by atoms with van der Waals surface area (Å²) < 4.78 is 18.3. The predicted octanol–water partition coefficient (Wildman–Crippen LogP) is 3.08. The third kappa shape index (κ3) is 4.91. The number of nitrogens with one attached hydrogen (secondary N) is 3. The highest BCUT2D eigenvalue weighted by molar-refractivity contribution is 7.99. The highest BCUT2D eigenvalue weighted by atomic mass is 32.2. The first-order valence-electron chi connectivity index (χ1n) is 7.20. The number of rotatable bonds is 4. The van der Waals surface area contributed by atoms with E-state index in [2.05, 4.69) is 21.2 Å². The summed E-state index contributed by atoms with van der Waals surface area (Å²) in [7, 11) is 0. The Morgan fingerprint density at radius 3 is 2.68 bits per heavy atom. The predicted molar refractivity (Wildman–Crippen MR) is 98.6 cm³/mol. The maximum atomic E-state index is 12.8. The molecule has 0 radical (unpaired) electrons. The Morgan fingerprint density at radius 1 is 1.16 bits per heavy atom. The Morgan fingerprint density at radius 2 is 1.92 bits per heavy atom. The number of hydrogen-bond acceptors (Lipinski definition) is 5. The number of hydrazine groups is 1. The van der Waals surface area contributed by atoms with Gasteiger partial charge in [-0.3, -0.25) is 15.6 Å². The van der Waals surface area contributed by atoms with Crippen molar-refractivity contribution >= 4 is 51.8 Å². The molecule has 3 N–H and O–H groups in total. The number of carbonyl (C=O) groups is 1. The zero-order valence-corrected chi connectivity index (χ0v) is 14.4. The number of oxazole rings is 1. The molecule has 1 amide bonds. The van der Waals surface area contributed by atoms with Crippen molar-refractivity contribution in [3.05, 3.63) is 54.3 Å². The molecule has 0 unspecified atom stereocenters. The molecule has 6 nitrogen and oxygen atoms in total. The van der Waals surface area contributed by atoms with Gasteiger partial charge in [-0.15, -0.1) is 0 Å². The van der Waals surface area contributed by atoms with Crippen LogP contribution in [0.2, 0.25) is 0 Å². The van der Waals surface area contributed by atoms with Crippen LogP contribution in [0.3, 0.4) is 0 Å². The van der Waals surface area contributed by atoms with Gasteiger partial charge in [0.25, 0.3) is 5.22 Å². The van der Waals surface area contributed by atoms with E-state index in [1.807, 2.05) is 24.3 Å². The number of thioether (sulfide) groups is 1. The lowest BCUT2D eigenvalue weighted by atomic mass is 10.3. The van der Waals surface area contributed by atoms with Crippen LogP contribution in [0.25, 0.3) is 11.1 Å². The average molecular weight is 376 g/mol. The fourth-order valence-corrected chi connectivity index (χ4v) is 2.71. The molecule has 0 spiro atoms. The molecule has 9 heteroatoms. The van der Waals surface area contributed by atoms with Crippen LogP contribution in [0, 0.1) is 5.82 Å². The first-order valence-corrected chi connectivity index (χ1v) is 8.59. The van der Waals surface area contributed by atoms with Crippen molar-refractivity contribution in [2.75, 3.05) is 11.1 Å². The molecule has 0 bridgehead atoms. The van der Waals surface area contributed by atoms with E-state index in [9.17, 15) is 9.18 Å². The molecule has 3 aromatic rings. The SMILES string of the molecule is O=C(CSc1nc2ccccc2o1)NNC(=S)Nc1ccc(F)cc1. The van der Waals surface area contributed by atoms with Gasteiger partial charge in [-0.2, -0.15) is 0 Å². The first kappa shape index (κ1) is 17.2. The van der Waals surface area contributed by atoms with E-state index in [4.69, 9.17) is 16.6 Å². The third-order valence-corrected chi connectivity index (χ3v) is 4.05. The van der Waals surface area contributed by atoms with Crippen molar-refractivity contribution in [3.63, 3.8) is 0 Å². The molecule has 0 aliphatic carbocycles. The van der Waals surface area contributed by atoms with E-state index in [0.717, 1.165) is 5.52 Å². The highest BCUT2D eigenvalue weighted by Crippen LogP contribution is 2.22. The summed E-state index contributed by atoms with van der Waals surface area (Å²) in [4.78, 5) is 16.1. The van der Waals surface area contributed by atoms with Crippen LogP contribution in [0.5, 0.6) is 0 Å². The second kappa shape index (κ2) is 7.95. The third-order valence-electron chi connectivity index (χ3n) is 3.02. The number of nitrogens with zero attached hydrogens (tertiary/aromatic N) is 1. The van der Waals surface area contributed by atoms with Crippen molar-refractivity contribution in [3.8, 4) is 0 Å². The fourth-order valence-electron chi connectivity index (χ4n) is 1.90. The maximum absolute atomic E-state index is 12.8. The Kier molecular flexibility index (Phi) is 5.46. The molecule has 128 valence electrons. The first-order chi connectivity index (χ1) is 12.1. The zero-order valence-electron chi connectivity index (χ0n) is 12.8. The van der Waals surface area contributed by atoms with Crippen molar-refractivity contribution in [2.24, 2.45) is 0 Å². The Bertz CT molecular complexity index is 866. The lowest BCUT2D eigenvalue weighted by molar-refractivity contribution is -0.119. The minimum absolute atomic E-state index is 0.110. The number of benzene rings is 2. The molecular weight excluding hydrogens is 363 g/mol. The van der Waals surface area contributed by atoms with Gasteiger partial charge in [-0.25, -0.2) is 9.37 Å². The number of fused-ring (bicyclic) bond motifs is 1. The minimum atomic E-state index is -0.339. The fraction of sp³-hybridized carbons (Fsp3) is 0.0625. The van der Waals surface area contributed by atoms with E-state index in [0.29, 0.717) is 16.5 Å². The van der Waals surface area contributed by atoms with Crippen LogP contribution in [0.15, 0.2) is 58.2 Å². The van der Waals surface area contributed by atoms with E-state index in [1.54, 1.807) is 0 Å². The molecule has 1 heterocycles. The molecule has 1 aromatic heterocycles. The van der Waals surface area contributed by atoms with Crippen LogP contribution >= 0.6 is 24.0 Å². The molecule has 0 saturated carbocycles. The van der Waals surface area contributed by atoms with Gasteiger partial charge < -0.3 is 9.73 Å². The number of hydrogen-bond donors (Lipinski definition) is 3. The summed E-state index contributed by atoms with van der Waals surface area (Å²) in [6.45, 7) is 0. The molecule has 0 atom stereocenters. The smallest absolute Gasteiger partial charge is 0.257 e. The number of anilines is 1. The lowest BCUT2D eigenvalue weighted by Crippen LogP contribution is -2.44. The highest BCUT2D eigenvalue weighted by Gasteiger charge is 2.09. The molecule has 0 saturated heterocycles. The molecule has 3 rings (SSSR count). The number of aromatic nitrogens is 1. The van der Waals surface area contributed by atoms with Gasteiger partial charge >= 0.3 is 0 Å². The van der Waals surface area contributed by atoms with Crippen molar-refractivity contribution in [2.45, 2.75) is 5.22 Å². The summed E-state index contributed by atoms with van der Waals surface area (Å²) >= 11 is 6.22. The van der Waals surface area contributed by atoms with Crippen LogP contribution in [0.1, 0.15) is 0 Å². The molecule has 0 fully saturated rings. The van der Waals surface area contributed by atoms with Gasteiger partial charge in [-0.05, 0) is 48.6 Å². The second-order valence-electron chi connectivity index (χ2n) is 4.87. The summed E-state index contributed by atoms with van der Waals surface area (Å²) in [6, 6.07) is 13.1. The Labute approximate surface area is 152 Å². The largest absolute Gasteiger partial charge is 0.431 e. The van der Waals surface area contributed by atoms with Crippen LogP contribution in [-0.4, -0.2) is 21.8 Å². The van der Waals surface area contributed by atoms with E-state index in [-0.39, 0.29) is 22.6 Å².